The van der Waals surface area contributed by atoms with E-state index < -0.39 is 43.8 Å². The Labute approximate surface area is 193 Å². The summed E-state index contributed by atoms with van der Waals surface area (Å²) in [6.45, 7) is 0. The zero-order valence-corrected chi connectivity index (χ0v) is 18.1. The summed E-state index contributed by atoms with van der Waals surface area (Å²) in [4.78, 5) is 10.8. The summed E-state index contributed by atoms with van der Waals surface area (Å²) in [5.74, 6) is 0.153. The van der Waals surface area contributed by atoms with E-state index in [0.29, 0.717) is 5.56 Å². The zero-order chi connectivity index (χ0) is 25.6. The van der Waals surface area contributed by atoms with Crippen molar-refractivity contribution in [1.29, 1.82) is 0 Å². The highest BCUT2D eigenvalue weighted by Gasteiger charge is 2.40. The van der Waals surface area contributed by atoms with Gasteiger partial charge in [-0.3, -0.25) is 9.52 Å². The van der Waals surface area contributed by atoms with Crippen LogP contribution in [0.2, 0.25) is 0 Å². The van der Waals surface area contributed by atoms with Gasteiger partial charge in [-0.05, 0) is 30.3 Å². The molecule has 1 aromatic heterocycles. The van der Waals surface area contributed by atoms with Gasteiger partial charge in [-0.2, -0.15) is 26.3 Å². The maximum Gasteiger partial charge on any atom is 0.417 e. The smallest absolute Gasteiger partial charge is 0.417 e. The maximum atomic E-state index is 13.4. The van der Waals surface area contributed by atoms with E-state index >= 15 is 0 Å². The maximum absolute atomic E-state index is 13.4. The van der Waals surface area contributed by atoms with Crippen molar-refractivity contribution in [3.63, 3.8) is 0 Å². The Balaban J connectivity index is 1.80. The van der Waals surface area contributed by atoms with Gasteiger partial charge in [-0.25, -0.2) is 8.42 Å². The molecule has 35 heavy (non-hydrogen) atoms. The van der Waals surface area contributed by atoms with Crippen molar-refractivity contribution in [3.05, 3.63) is 94.1 Å². The molecule has 12 heteroatoms. The van der Waals surface area contributed by atoms with Crippen LogP contribution in [0, 0.1) is 0 Å². The lowest BCUT2D eigenvalue weighted by atomic mass is 10.1. The molecule has 5 nitrogen and oxygen atoms in total. The Hall–Kier alpha value is -3.80. The zero-order valence-electron chi connectivity index (χ0n) is 17.2. The van der Waals surface area contributed by atoms with Gasteiger partial charge < -0.3 is 4.42 Å². The second-order valence-corrected chi connectivity index (χ2v) is 9.01. The molecule has 0 saturated heterocycles. The van der Waals surface area contributed by atoms with Crippen molar-refractivity contribution in [2.45, 2.75) is 17.2 Å². The number of anilines is 1. The third kappa shape index (κ3) is 5.02. The number of sulfonamides is 1. The summed E-state index contributed by atoms with van der Waals surface area (Å²) in [7, 11) is -5.14. The Morgan fingerprint density at radius 3 is 2.09 bits per heavy atom. The lowest BCUT2D eigenvalue weighted by molar-refractivity contribution is -0.143. The van der Waals surface area contributed by atoms with E-state index in [1.54, 1.807) is 30.3 Å². The predicted molar refractivity (Wildman–Crippen MR) is 115 cm³/mol. The van der Waals surface area contributed by atoms with Gasteiger partial charge in [0.1, 0.15) is 16.2 Å². The Morgan fingerprint density at radius 1 is 0.771 bits per heavy atom. The van der Waals surface area contributed by atoms with Gasteiger partial charge >= 0.3 is 12.4 Å². The number of hydrogen-bond donors (Lipinski definition) is 1. The minimum atomic E-state index is -5.24. The molecule has 0 unspecified atom stereocenters. The molecule has 1 N–H and O–H groups in total. The van der Waals surface area contributed by atoms with Gasteiger partial charge in [-0.1, -0.05) is 30.3 Å². The van der Waals surface area contributed by atoms with Gasteiger partial charge in [0, 0.05) is 17.7 Å². The Bertz CT molecular complexity index is 1580. The van der Waals surface area contributed by atoms with Crippen LogP contribution in [0.1, 0.15) is 11.1 Å². The van der Waals surface area contributed by atoms with Crippen LogP contribution in [0.25, 0.3) is 22.3 Å². The van der Waals surface area contributed by atoms with Crippen LogP contribution in [0.4, 0.5) is 32.0 Å². The van der Waals surface area contributed by atoms with Gasteiger partial charge in [0.2, 0.25) is 0 Å². The average molecular weight is 513 g/mol. The van der Waals surface area contributed by atoms with Crippen molar-refractivity contribution in [2.24, 2.45) is 0 Å². The summed E-state index contributed by atoms with van der Waals surface area (Å²) in [6.07, 6.45) is -10.3. The van der Waals surface area contributed by atoms with Crippen LogP contribution in [-0.4, -0.2) is 8.42 Å². The van der Waals surface area contributed by atoms with Crippen LogP contribution in [0.15, 0.2) is 86.9 Å². The number of nitrogens with one attached hydrogen (secondary N) is 1. The predicted octanol–water partition coefficient (Wildman–Crippen LogP) is 6.30. The average Bonchev–Trinajstić information content (AvgIpc) is 2.77. The van der Waals surface area contributed by atoms with Crippen molar-refractivity contribution < 1.29 is 39.2 Å². The molecular formula is C23H13F6NO4S. The molecule has 0 fully saturated rings. The van der Waals surface area contributed by atoms with E-state index in [4.69, 9.17) is 4.42 Å². The number of halogens is 6. The van der Waals surface area contributed by atoms with Crippen LogP contribution >= 0.6 is 0 Å². The van der Waals surface area contributed by atoms with Crippen molar-refractivity contribution >= 4 is 26.7 Å². The lowest BCUT2D eigenvalue weighted by Gasteiger charge is -2.17. The topological polar surface area (TPSA) is 76.4 Å². The molecule has 0 spiro atoms. The third-order valence-electron chi connectivity index (χ3n) is 4.94. The highest BCUT2D eigenvalue weighted by atomic mass is 32.2. The molecule has 0 bridgehead atoms. The molecule has 0 aliphatic heterocycles. The lowest BCUT2D eigenvalue weighted by Crippen LogP contribution is -2.20. The molecule has 0 amide bonds. The number of fused-ring (bicyclic) bond motifs is 1. The second kappa shape index (κ2) is 8.45. The summed E-state index contributed by atoms with van der Waals surface area (Å²) < 4.78 is 112. The molecule has 0 aliphatic carbocycles. The number of hydrogen-bond acceptors (Lipinski definition) is 4. The Kier molecular flexibility index (Phi) is 5.87. The molecule has 0 aliphatic rings. The van der Waals surface area contributed by atoms with E-state index in [1.165, 1.54) is 12.1 Å². The largest absolute Gasteiger partial charge is 0.456 e. The molecule has 4 aromatic rings. The first kappa shape index (κ1) is 24.3. The fourth-order valence-electron chi connectivity index (χ4n) is 3.33. The molecule has 0 saturated carbocycles. The van der Waals surface area contributed by atoms with Crippen LogP contribution in [0.5, 0.6) is 0 Å². The highest BCUT2D eigenvalue weighted by Crippen LogP contribution is 2.39. The van der Waals surface area contributed by atoms with E-state index in [0.717, 1.165) is 12.1 Å². The van der Waals surface area contributed by atoms with Gasteiger partial charge in [0.15, 0.2) is 5.43 Å². The number of benzene rings is 3. The molecule has 182 valence electrons. The first-order chi connectivity index (χ1) is 16.3. The fourth-order valence-corrected chi connectivity index (χ4v) is 4.63. The molecule has 4 rings (SSSR count). The van der Waals surface area contributed by atoms with Crippen LogP contribution in [-0.2, 0) is 22.4 Å². The molecule has 1 heterocycles. The third-order valence-corrected chi connectivity index (χ3v) is 6.36. The van der Waals surface area contributed by atoms with Crippen molar-refractivity contribution in [1.82, 2.24) is 0 Å². The summed E-state index contributed by atoms with van der Waals surface area (Å²) in [6, 6.07) is 13.1. The number of alkyl halides is 6. The molecule has 0 radical (unpaired) electrons. The SMILES string of the molecule is O=c1cc(-c2ccccc2)oc2cc(NS(=O)(=O)c3cc(C(F)(F)F)ccc3C(F)(F)F)ccc12. The first-order valence-electron chi connectivity index (χ1n) is 9.70. The fraction of sp³-hybridized carbons (Fsp3) is 0.0870. The minimum Gasteiger partial charge on any atom is -0.456 e. The van der Waals surface area contributed by atoms with Crippen LogP contribution < -0.4 is 10.2 Å². The second-order valence-electron chi connectivity index (χ2n) is 7.36. The van der Waals surface area contributed by atoms with Gasteiger partial charge in [-0.15, -0.1) is 0 Å². The molecule has 3 aromatic carbocycles. The van der Waals surface area contributed by atoms with E-state index in [1.807, 2.05) is 4.72 Å². The first-order valence-corrected chi connectivity index (χ1v) is 11.2. The molecule has 0 atom stereocenters. The van der Waals surface area contributed by atoms with E-state index in [9.17, 15) is 39.6 Å². The van der Waals surface area contributed by atoms with E-state index in [-0.39, 0.29) is 40.6 Å². The standard InChI is InChI=1S/C23H13F6NO4S/c24-22(25,26)14-6-9-17(23(27,28)29)21(10-14)35(32,33)30-15-7-8-16-18(31)12-19(34-20(16)11-15)13-4-2-1-3-5-13/h1-12,30H. The monoisotopic (exact) mass is 513 g/mol. The highest BCUT2D eigenvalue weighted by molar-refractivity contribution is 7.92. The van der Waals surface area contributed by atoms with Crippen LogP contribution in [0.3, 0.4) is 0 Å². The summed E-state index contributed by atoms with van der Waals surface area (Å²) >= 11 is 0. The number of rotatable bonds is 4. The van der Waals surface area contributed by atoms with E-state index in [2.05, 4.69) is 0 Å². The molecular weight excluding hydrogens is 500 g/mol. The van der Waals surface area contributed by atoms with Gasteiger partial charge in [0.25, 0.3) is 10.0 Å². The quantitative estimate of drug-likeness (QED) is 0.325. The minimum absolute atomic E-state index is 0.0580. The summed E-state index contributed by atoms with van der Waals surface area (Å²) in [5.41, 5.74) is -3.67. The summed E-state index contributed by atoms with van der Waals surface area (Å²) in [5, 5.41) is 0.0580. The van der Waals surface area contributed by atoms with Crippen molar-refractivity contribution in [3.8, 4) is 11.3 Å². The van der Waals surface area contributed by atoms with Crippen molar-refractivity contribution in [2.75, 3.05) is 4.72 Å². The Morgan fingerprint density at radius 2 is 1.46 bits per heavy atom. The normalized spacial score (nSPS) is 12.6. The van der Waals surface area contributed by atoms with Gasteiger partial charge in [0.05, 0.1) is 22.2 Å².